The summed E-state index contributed by atoms with van der Waals surface area (Å²) in [4.78, 5) is 24.9. The van der Waals surface area contributed by atoms with E-state index in [1.807, 2.05) is 18.2 Å². The minimum atomic E-state index is -0.951. The first-order chi connectivity index (χ1) is 8.06. The molecule has 17 heavy (non-hydrogen) atoms. The van der Waals surface area contributed by atoms with Gasteiger partial charge in [-0.15, -0.1) is 0 Å². The highest BCUT2D eigenvalue weighted by molar-refractivity contribution is 7.98. The van der Waals surface area contributed by atoms with Crippen LogP contribution in [0.15, 0.2) is 0 Å². The molecule has 0 aliphatic carbocycles. The largest absolute Gasteiger partial charge is 0.480 e. The number of nitrogens with zero attached hydrogens (tertiary/aromatic N) is 1. The van der Waals surface area contributed by atoms with E-state index in [-0.39, 0.29) is 11.9 Å². The van der Waals surface area contributed by atoms with E-state index < -0.39 is 12.0 Å². The van der Waals surface area contributed by atoms with Gasteiger partial charge in [0.2, 0.25) is 5.91 Å². The molecule has 0 radical (unpaired) electrons. The van der Waals surface area contributed by atoms with E-state index in [0.717, 1.165) is 25.1 Å². The third-order valence-corrected chi connectivity index (χ3v) is 3.69. The number of likely N-dealkylation sites (tertiary alicyclic amines) is 1. The van der Waals surface area contributed by atoms with Gasteiger partial charge in [0.15, 0.2) is 0 Å². The molecule has 1 amide bonds. The number of likely N-dealkylation sites (N-methyl/N-ethyl adjacent to an activating group) is 1. The molecule has 1 aliphatic heterocycles. The third kappa shape index (κ3) is 4.20. The summed E-state index contributed by atoms with van der Waals surface area (Å²) in [7, 11) is 1.90. The topological polar surface area (TPSA) is 69.6 Å². The lowest BCUT2D eigenvalue weighted by Crippen LogP contribution is -2.48. The van der Waals surface area contributed by atoms with Crippen molar-refractivity contribution in [1.82, 2.24) is 10.2 Å². The van der Waals surface area contributed by atoms with E-state index in [1.54, 1.807) is 11.8 Å². The maximum absolute atomic E-state index is 11.9. The van der Waals surface area contributed by atoms with Gasteiger partial charge in [0, 0.05) is 0 Å². The number of amides is 1. The predicted octanol–water partition coefficient (Wildman–Crippen LogP) is 0.403. The van der Waals surface area contributed by atoms with Gasteiger partial charge in [0.25, 0.3) is 0 Å². The van der Waals surface area contributed by atoms with Crippen molar-refractivity contribution in [2.45, 2.75) is 31.3 Å². The zero-order chi connectivity index (χ0) is 12.8. The van der Waals surface area contributed by atoms with E-state index in [2.05, 4.69) is 5.32 Å². The maximum atomic E-state index is 11.9. The first-order valence-electron chi connectivity index (χ1n) is 5.78. The van der Waals surface area contributed by atoms with Gasteiger partial charge in [-0.3, -0.25) is 9.69 Å². The Morgan fingerprint density at radius 2 is 2.29 bits per heavy atom. The molecule has 2 N–H and O–H groups in total. The number of aliphatic carboxylic acids is 1. The molecule has 1 rings (SSSR count). The standard InChI is InChI=1S/C11H20N2O3S/c1-13-6-3-4-9(13)10(14)12-8(11(15)16)5-7-17-2/h8-9H,3-7H2,1-2H3,(H,12,14)(H,15,16)/t8-,9-/m0/s1. The third-order valence-electron chi connectivity index (χ3n) is 3.05. The molecule has 0 aromatic heterocycles. The normalized spacial score (nSPS) is 22.4. The van der Waals surface area contributed by atoms with Crippen LogP contribution in [-0.4, -0.2) is 59.6 Å². The van der Waals surface area contributed by atoms with Gasteiger partial charge in [-0.2, -0.15) is 11.8 Å². The highest BCUT2D eigenvalue weighted by Gasteiger charge is 2.30. The summed E-state index contributed by atoms with van der Waals surface area (Å²) < 4.78 is 0. The van der Waals surface area contributed by atoms with Crippen molar-refractivity contribution in [3.05, 3.63) is 0 Å². The van der Waals surface area contributed by atoms with Crippen molar-refractivity contribution in [2.75, 3.05) is 25.6 Å². The number of nitrogens with one attached hydrogen (secondary N) is 1. The van der Waals surface area contributed by atoms with E-state index in [4.69, 9.17) is 5.11 Å². The van der Waals surface area contributed by atoms with Crippen LogP contribution in [0.2, 0.25) is 0 Å². The van der Waals surface area contributed by atoms with Crippen molar-refractivity contribution in [3.63, 3.8) is 0 Å². The van der Waals surface area contributed by atoms with Gasteiger partial charge in [-0.25, -0.2) is 4.79 Å². The molecule has 0 saturated carbocycles. The van der Waals surface area contributed by atoms with Crippen LogP contribution in [0.25, 0.3) is 0 Å². The molecule has 0 spiro atoms. The Balaban J connectivity index is 2.48. The zero-order valence-electron chi connectivity index (χ0n) is 10.3. The monoisotopic (exact) mass is 260 g/mol. The summed E-state index contributed by atoms with van der Waals surface area (Å²) >= 11 is 1.58. The van der Waals surface area contributed by atoms with Gasteiger partial charge >= 0.3 is 5.97 Å². The van der Waals surface area contributed by atoms with E-state index >= 15 is 0 Å². The van der Waals surface area contributed by atoms with Gasteiger partial charge in [0.05, 0.1) is 6.04 Å². The molecule has 0 bridgehead atoms. The van der Waals surface area contributed by atoms with Crippen LogP contribution in [0, 0.1) is 0 Å². The molecular weight excluding hydrogens is 240 g/mol. The number of thioether (sulfide) groups is 1. The van der Waals surface area contributed by atoms with Crippen LogP contribution in [-0.2, 0) is 9.59 Å². The van der Waals surface area contributed by atoms with Crippen molar-refractivity contribution >= 4 is 23.6 Å². The SMILES string of the molecule is CSCC[C@H](NC(=O)[C@@H]1CCCN1C)C(=O)O. The molecule has 1 saturated heterocycles. The fourth-order valence-electron chi connectivity index (χ4n) is 2.00. The Morgan fingerprint density at radius 1 is 1.59 bits per heavy atom. The Morgan fingerprint density at radius 3 is 2.76 bits per heavy atom. The molecule has 1 fully saturated rings. The minimum Gasteiger partial charge on any atom is -0.480 e. The Labute approximate surface area is 106 Å². The molecule has 1 heterocycles. The summed E-state index contributed by atoms with van der Waals surface area (Å²) in [6.07, 6.45) is 4.21. The first kappa shape index (κ1) is 14.3. The van der Waals surface area contributed by atoms with Crippen LogP contribution in [0.1, 0.15) is 19.3 Å². The van der Waals surface area contributed by atoms with Gasteiger partial charge in [-0.05, 0) is 44.9 Å². The van der Waals surface area contributed by atoms with E-state index in [1.165, 1.54) is 0 Å². The molecule has 2 atom stereocenters. The number of hydrogen-bond donors (Lipinski definition) is 2. The maximum Gasteiger partial charge on any atom is 0.326 e. The highest BCUT2D eigenvalue weighted by atomic mass is 32.2. The molecule has 0 aromatic rings. The fraction of sp³-hybridized carbons (Fsp3) is 0.818. The molecular formula is C11H20N2O3S. The van der Waals surface area contributed by atoms with Crippen LogP contribution in [0.3, 0.4) is 0 Å². The fourth-order valence-corrected chi connectivity index (χ4v) is 2.47. The number of carboxylic acid groups (broad SMARTS) is 1. The lowest BCUT2D eigenvalue weighted by Gasteiger charge is -2.21. The lowest BCUT2D eigenvalue weighted by atomic mass is 10.1. The number of carboxylic acids is 1. The number of rotatable bonds is 6. The molecule has 1 aliphatic rings. The molecule has 98 valence electrons. The van der Waals surface area contributed by atoms with Gasteiger partial charge in [0.1, 0.15) is 6.04 Å². The Bertz CT molecular complexity index is 286. The molecule has 0 unspecified atom stereocenters. The second kappa shape index (κ2) is 6.86. The van der Waals surface area contributed by atoms with Crippen molar-refractivity contribution in [1.29, 1.82) is 0 Å². The van der Waals surface area contributed by atoms with Gasteiger partial charge in [-0.1, -0.05) is 0 Å². The van der Waals surface area contributed by atoms with Crippen LogP contribution in [0.5, 0.6) is 0 Å². The summed E-state index contributed by atoms with van der Waals surface area (Å²) in [6, 6.07) is -0.921. The first-order valence-corrected chi connectivity index (χ1v) is 7.18. The predicted molar refractivity (Wildman–Crippen MR) is 68.2 cm³/mol. The quantitative estimate of drug-likeness (QED) is 0.723. The smallest absolute Gasteiger partial charge is 0.326 e. The number of carbonyl (C=O) groups excluding carboxylic acids is 1. The van der Waals surface area contributed by atoms with Crippen LogP contribution < -0.4 is 5.32 Å². The summed E-state index contributed by atoms with van der Waals surface area (Å²) in [5.41, 5.74) is 0. The number of carbonyl (C=O) groups is 2. The summed E-state index contributed by atoms with van der Waals surface area (Å²) in [5.74, 6) is -0.371. The zero-order valence-corrected chi connectivity index (χ0v) is 11.1. The Kier molecular flexibility index (Phi) is 5.77. The number of hydrogen-bond acceptors (Lipinski definition) is 4. The van der Waals surface area contributed by atoms with E-state index in [9.17, 15) is 9.59 Å². The highest BCUT2D eigenvalue weighted by Crippen LogP contribution is 2.15. The average Bonchev–Trinajstić information content (AvgIpc) is 2.70. The van der Waals surface area contributed by atoms with Crippen molar-refractivity contribution in [3.8, 4) is 0 Å². The second-order valence-corrected chi connectivity index (χ2v) is 5.31. The van der Waals surface area contributed by atoms with Crippen molar-refractivity contribution < 1.29 is 14.7 Å². The Hall–Kier alpha value is -0.750. The van der Waals surface area contributed by atoms with E-state index in [0.29, 0.717) is 6.42 Å². The summed E-state index contributed by atoms with van der Waals surface area (Å²) in [6.45, 7) is 0.903. The van der Waals surface area contributed by atoms with Crippen LogP contribution in [0.4, 0.5) is 0 Å². The minimum absolute atomic E-state index is 0.154. The molecule has 6 heteroatoms. The van der Waals surface area contributed by atoms with Crippen molar-refractivity contribution in [2.24, 2.45) is 0 Å². The molecule has 0 aromatic carbocycles. The van der Waals surface area contributed by atoms with Gasteiger partial charge < -0.3 is 10.4 Å². The van der Waals surface area contributed by atoms with Crippen LogP contribution >= 0.6 is 11.8 Å². The summed E-state index contributed by atoms with van der Waals surface area (Å²) in [5, 5.41) is 11.7. The second-order valence-electron chi connectivity index (χ2n) is 4.32. The lowest BCUT2D eigenvalue weighted by molar-refractivity contribution is -0.142. The average molecular weight is 260 g/mol. The molecule has 5 nitrogen and oxygen atoms in total.